The summed E-state index contributed by atoms with van der Waals surface area (Å²) in [4.78, 5) is 28.8. The summed E-state index contributed by atoms with van der Waals surface area (Å²) in [5, 5.41) is 0. The number of aryl methyl sites for hydroxylation is 1. The number of hydrogen-bond donors (Lipinski definition) is 0. The van der Waals surface area contributed by atoms with E-state index in [1.807, 2.05) is 42.2 Å². The SMILES string of the molecule is Cc1ccc2c(c1)OCC(=O)N2Cc1ccc(C(=O)N2CCc3ccccc3C2)o1. The molecular weight excluding hydrogens is 380 g/mol. The Morgan fingerprint density at radius 3 is 2.77 bits per heavy atom. The molecule has 3 heterocycles. The van der Waals surface area contributed by atoms with Crippen LogP contribution in [0.2, 0.25) is 0 Å². The fraction of sp³-hybridized carbons (Fsp3) is 0.250. The largest absolute Gasteiger partial charge is 0.482 e. The molecule has 2 amide bonds. The minimum Gasteiger partial charge on any atom is -0.482 e. The molecule has 0 atom stereocenters. The van der Waals surface area contributed by atoms with Gasteiger partial charge in [0.2, 0.25) is 0 Å². The minimum absolute atomic E-state index is 0.00383. The minimum atomic E-state index is -0.136. The van der Waals surface area contributed by atoms with Crippen LogP contribution in [0.1, 0.15) is 33.0 Å². The third kappa shape index (κ3) is 3.34. The number of ether oxygens (including phenoxy) is 1. The summed E-state index contributed by atoms with van der Waals surface area (Å²) in [6.45, 7) is 3.48. The fourth-order valence-corrected chi connectivity index (χ4v) is 4.04. The summed E-state index contributed by atoms with van der Waals surface area (Å²) in [6, 6.07) is 17.4. The molecule has 0 saturated carbocycles. The Kier molecular flexibility index (Phi) is 4.54. The van der Waals surface area contributed by atoms with E-state index < -0.39 is 0 Å². The molecule has 0 fully saturated rings. The average molecular weight is 402 g/mol. The van der Waals surface area contributed by atoms with E-state index in [2.05, 4.69) is 12.1 Å². The van der Waals surface area contributed by atoms with E-state index in [1.54, 1.807) is 17.0 Å². The van der Waals surface area contributed by atoms with Gasteiger partial charge in [0.05, 0.1) is 12.2 Å². The first-order valence-corrected chi connectivity index (χ1v) is 10.1. The van der Waals surface area contributed by atoms with Crippen molar-refractivity contribution in [1.82, 2.24) is 4.90 Å². The standard InChI is InChI=1S/C24H22N2O4/c1-16-6-8-20-22(12-16)29-15-23(27)26(20)14-19-7-9-21(30-19)24(28)25-11-10-17-4-2-3-5-18(17)13-25/h2-9,12H,10-11,13-15H2,1H3. The van der Waals surface area contributed by atoms with Crippen molar-refractivity contribution in [1.29, 1.82) is 0 Å². The Balaban J connectivity index is 1.33. The molecule has 5 rings (SSSR count). The molecule has 152 valence electrons. The maximum Gasteiger partial charge on any atom is 0.289 e. The molecule has 0 aliphatic carbocycles. The van der Waals surface area contributed by atoms with Crippen molar-refractivity contribution in [3.63, 3.8) is 0 Å². The molecule has 6 heteroatoms. The summed E-state index contributed by atoms with van der Waals surface area (Å²) >= 11 is 0. The molecule has 3 aromatic rings. The lowest BCUT2D eigenvalue weighted by Crippen LogP contribution is -2.38. The van der Waals surface area contributed by atoms with Gasteiger partial charge in [-0.15, -0.1) is 0 Å². The molecule has 30 heavy (non-hydrogen) atoms. The van der Waals surface area contributed by atoms with Gasteiger partial charge >= 0.3 is 0 Å². The van der Waals surface area contributed by atoms with Crippen LogP contribution in [0.4, 0.5) is 5.69 Å². The van der Waals surface area contributed by atoms with Crippen LogP contribution in [0, 0.1) is 6.92 Å². The molecular formula is C24H22N2O4. The number of anilines is 1. The molecule has 0 saturated heterocycles. The number of carbonyl (C=O) groups excluding carboxylic acids is 2. The summed E-state index contributed by atoms with van der Waals surface area (Å²) in [7, 11) is 0. The number of rotatable bonds is 3. The van der Waals surface area contributed by atoms with E-state index >= 15 is 0 Å². The lowest BCUT2D eigenvalue weighted by Gasteiger charge is -2.29. The number of benzene rings is 2. The van der Waals surface area contributed by atoms with Crippen molar-refractivity contribution >= 4 is 17.5 Å². The number of carbonyl (C=O) groups is 2. The lowest BCUT2D eigenvalue weighted by molar-refractivity contribution is -0.121. The average Bonchev–Trinajstić information content (AvgIpc) is 3.23. The topological polar surface area (TPSA) is 63.0 Å². The van der Waals surface area contributed by atoms with E-state index in [1.165, 1.54) is 11.1 Å². The smallest absolute Gasteiger partial charge is 0.289 e. The van der Waals surface area contributed by atoms with Gasteiger partial charge in [0, 0.05) is 13.1 Å². The normalized spacial score (nSPS) is 15.4. The molecule has 2 aliphatic rings. The molecule has 6 nitrogen and oxygen atoms in total. The maximum atomic E-state index is 12.9. The van der Waals surface area contributed by atoms with Gasteiger partial charge in [0.15, 0.2) is 12.4 Å². The Bertz CT molecular complexity index is 1130. The molecule has 0 N–H and O–H groups in total. The van der Waals surface area contributed by atoms with Crippen LogP contribution in [-0.4, -0.2) is 29.9 Å². The van der Waals surface area contributed by atoms with Crippen LogP contribution >= 0.6 is 0 Å². The van der Waals surface area contributed by atoms with E-state index in [0.717, 1.165) is 12.0 Å². The number of amides is 2. The van der Waals surface area contributed by atoms with Crippen LogP contribution in [-0.2, 0) is 24.3 Å². The van der Waals surface area contributed by atoms with Gasteiger partial charge in [-0.3, -0.25) is 14.5 Å². The summed E-state index contributed by atoms with van der Waals surface area (Å²) < 4.78 is 11.4. The summed E-state index contributed by atoms with van der Waals surface area (Å²) in [5.74, 6) is 1.29. The molecule has 2 aliphatic heterocycles. The highest BCUT2D eigenvalue weighted by Gasteiger charge is 2.28. The zero-order chi connectivity index (χ0) is 20.7. The van der Waals surface area contributed by atoms with Gasteiger partial charge in [-0.25, -0.2) is 0 Å². The second-order valence-corrected chi connectivity index (χ2v) is 7.75. The van der Waals surface area contributed by atoms with Crippen molar-refractivity contribution in [3.8, 4) is 5.75 Å². The molecule has 1 aromatic heterocycles. The van der Waals surface area contributed by atoms with E-state index in [4.69, 9.17) is 9.15 Å². The molecule has 0 spiro atoms. The van der Waals surface area contributed by atoms with E-state index in [0.29, 0.717) is 36.0 Å². The number of hydrogen-bond acceptors (Lipinski definition) is 4. The van der Waals surface area contributed by atoms with Crippen LogP contribution < -0.4 is 9.64 Å². The first kappa shape index (κ1) is 18.5. The van der Waals surface area contributed by atoms with Crippen molar-refractivity contribution in [2.24, 2.45) is 0 Å². The van der Waals surface area contributed by atoms with Gasteiger partial charge in [0.25, 0.3) is 11.8 Å². The quantitative estimate of drug-likeness (QED) is 0.670. The zero-order valence-electron chi connectivity index (χ0n) is 16.8. The lowest BCUT2D eigenvalue weighted by atomic mass is 10.00. The third-order valence-corrected chi connectivity index (χ3v) is 5.66. The van der Waals surface area contributed by atoms with Crippen molar-refractivity contribution in [3.05, 3.63) is 82.8 Å². The predicted octanol–water partition coefficient (Wildman–Crippen LogP) is 3.71. The zero-order valence-corrected chi connectivity index (χ0v) is 16.8. The first-order chi connectivity index (χ1) is 14.6. The van der Waals surface area contributed by atoms with Crippen LogP contribution in [0.3, 0.4) is 0 Å². The maximum absolute atomic E-state index is 12.9. The predicted molar refractivity (Wildman–Crippen MR) is 111 cm³/mol. The Labute approximate surface area is 174 Å². The second-order valence-electron chi connectivity index (χ2n) is 7.75. The Hall–Kier alpha value is -3.54. The van der Waals surface area contributed by atoms with Gasteiger partial charge in [-0.1, -0.05) is 30.3 Å². The van der Waals surface area contributed by atoms with Gasteiger partial charge in [-0.05, 0) is 54.3 Å². The third-order valence-electron chi connectivity index (χ3n) is 5.66. The van der Waals surface area contributed by atoms with Crippen LogP contribution in [0.5, 0.6) is 5.75 Å². The van der Waals surface area contributed by atoms with Crippen LogP contribution in [0.15, 0.2) is 59.0 Å². The van der Waals surface area contributed by atoms with Crippen molar-refractivity contribution in [2.45, 2.75) is 26.4 Å². The highest BCUT2D eigenvalue weighted by atomic mass is 16.5. The highest BCUT2D eigenvalue weighted by Crippen LogP contribution is 2.34. The number of nitrogens with zero attached hydrogens (tertiary/aromatic N) is 2. The van der Waals surface area contributed by atoms with Gasteiger partial charge in [-0.2, -0.15) is 0 Å². The number of fused-ring (bicyclic) bond motifs is 2. The fourth-order valence-electron chi connectivity index (χ4n) is 4.04. The first-order valence-electron chi connectivity index (χ1n) is 10.1. The van der Waals surface area contributed by atoms with Gasteiger partial charge in [0.1, 0.15) is 11.5 Å². The van der Waals surface area contributed by atoms with Gasteiger partial charge < -0.3 is 14.1 Å². The van der Waals surface area contributed by atoms with Crippen molar-refractivity contribution in [2.75, 3.05) is 18.1 Å². The summed E-state index contributed by atoms with van der Waals surface area (Å²) in [6.07, 6.45) is 0.841. The second kappa shape index (κ2) is 7.37. The Morgan fingerprint density at radius 2 is 1.90 bits per heavy atom. The molecule has 0 radical (unpaired) electrons. The Morgan fingerprint density at radius 1 is 1.07 bits per heavy atom. The number of furan rings is 1. The van der Waals surface area contributed by atoms with E-state index in [-0.39, 0.29) is 25.0 Å². The summed E-state index contributed by atoms with van der Waals surface area (Å²) in [5.41, 5.74) is 4.25. The van der Waals surface area contributed by atoms with Crippen LogP contribution in [0.25, 0.3) is 0 Å². The molecule has 2 aromatic carbocycles. The van der Waals surface area contributed by atoms with Crippen molar-refractivity contribution < 1.29 is 18.7 Å². The molecule has 0 bridgehead atoms. The molecule has 0 unspecified atom stereocenters. The van der Waals surface area contributed by atoms with E-state index in [9.17, 15) is 9.59 Å². The monoisotopic (exact) mass is 402 g/mol. The highest BCUT2D eigenvalue weighted by molar-refractivity contribution is 5.97.